The molecule has 7 heteroatoms. The highest BCUT2D eigenvalue weighted by Gasteiger charge is 2.33. The number of anilines is 2. The van der Waals surface area contributed by atoms with Crippen molar-refractivity contribution in [1.29, 1.82) is 0 Å². The van der Waals surface area contributed by atoms with E-state index in [1.165, 1.54) is 18.5 Å². The molecule has 2 fully saturated rings. The van der Waals surface area contributed by atoms with Gasteiger partial charge in [-0.25, -0.2) is 0 Å². The molecule has 1 unspecified atom stereocenters. The Morgan fingerprint density at radius 3 is 2.55 bits per heavy atom. The van der Waals surface area contributed by atoms with Crippen LogP contribution in [0.4, 0.5) is 11.4 Å². The van der Waals surface area contributed by atoms with E-state index < -0.39 is 0 Å². The van der Waals surface area contributed by atoms with Crippen molar-refractivity contribution in [2.24, 2.45) is 13.0 Å². The van der Waals surface area contributed by atoms with Gasteiger partial charge in [-0.3, -0.25) is 19.4 Å². The molecule has 1 atom stereocenters. The Morgan fingerprint density at radius 2 is 1.86 bits per heavy atom. The van der Waals surface area contributed by atoms with Crippen molar-refractivity contribution in [3.63, 3.8) is 0 Å². The molecule has 7 nitrogen and oxygen atoms in total. The third kappa shape index (κ3) is 4.61. The SMILES string of the molecule is CN(CCC1CCN(c2ccncc2)CC1)C1CCCN(c2cnn(C)c2)C1=O. The van der Waals surface area contributed by atoms with E-state index in [-0.39, 0.29) is 11.9 Å². The minimum atomic E-state index is -0.0131. The third-order valence-corrected chi connectivity index (χ3v) is 6.48. The lowest BCUT2D eigenvalue weighted by Crippen LogP contribution is -2.51. The Hall–Kier alpha value is -2.41. The summed E-state index contributed by atoms with van der Waals surface area (Å²) in [7, 11) is 4.00. The fourth-order valence-electron chi connectivity index (χ4n) is 4.65. The zero-order valence-corrected chi connectivity index (χ0v) is 17.6. The monoisotopic (exact) mass is 396 g/mol. The average Bonchev–Trinajstić information content (AvgIpc) is 3.19. The Labute approximate surface area is 173 Å². The lowest BCUT2D eigenvalue weighted by Gasteiger charge is -2.38. The molecule has 0 bridgehead atoms. The van der Waals surface area contributed by atoms with E-state index in [2.05, 4.69) is 39.1 Å². The predicted octanol–water partition coefficient (Wildman–Crippen LogP) is 2.55. The van der Waals surface area contributed by atoms with Crippen LogP contribution in [-0.2, 0) is 11.8 Å². The number of carbonyl (C=O) groups excluding carboxylic acids is 1. The third-order valence-electron chi connectivity index (χ3n) is 6.48. The molecule has 0 N–H and O–H groups in total. The molecule has 0 aliphatic carbocycles. The van der Waals surface area contributed by atoms with Gasteiger partial charge in [-0.1, -0.05) is 0 Å². The first-order chi connectivity index (χ1) is 14.1. The fraction of sp³-hybridized carbons (Fsp3) is 0.591. The van der Waals surface area contributed by atoms with Crippen LogP contribution in [0.15, 0.2) is 36.9 Å². The number of hydrogen-bond acceptors (Lipinski definition) is 5. The first-order valence-electron chi connectivity index (χ1n) is 10.8. The van der Waals surface area contributed by atoms with Crippen molar-refractivity contribution >= 4 is 17.3 Å². The zero-order chi connectivity index (χ0) is 20.2. The van der Waals surface area contributed by atoms with Gasteiger partial charge in [0.1, 0.15) is 0 Å². The number of nitrogens with zero attached hydrogens (tertiary/aromatic N) is 6. The number of pyridine rings is 1. The first-order valence-corrected chi connectivity index (χ1v) is 10.8. The van der Waals surface area contributed by atoms with Gasteiger partial charge < -0.3 is 9.80 Å². The molecular weight excluding hydrogens is 364 g/mol. The largest absolute Gasteiger partial charge is 0.371 e. The summed E-state index contributed by atoms with van der Waals surface area (Å²) < 4.78 is 1.76. The first kappa shape index (κ1) is 19.9. The molecule has 0 aromatic carbocycles. The molecule has 2 aromatic heterocycles. The van der Waals surface area contributed by atoms with E-state index in [4.69, 9.17) is 0 Å². The van der Waals surface area contributed by atoms with Crippen LogP contribution in [0.1, 0.15) is 32.1 Å². The van der Waals surface area contributed by atoms with Gasteiger partial charge in [-0.15, -0.1) is 0 Å². The summed E-state index contributed by atoms with van der Waals surface area (Å²) in [6.45, 7) is 3.99. The molecule has 2 saturated heterocycles. The summed E-state index contributed by atoms with van der Waals surface area (Å²) in [6, 6.07) is 4.18. The van der Waals surface area contributed by atoms with Crippen molar-refractivity contribution < 1.29 is 4.79 Å². The highest BCUT2D eigenvalue weighted by Crippen LogP contribution is 2.27. The molecule has 0 saturated carbocycles. The normalized spacial score (nSPS) is 21.2. The molecule has 2 aromatic rings. The minimum Gasteiger partial charge on any atom is -0.371 e. The lowest BCUT2D eigenvalue weighted by atomic mass is 9.92. The maximum atomic E-state index is 13.1. The van der Waals surface area contributed by atoms with E-state index in [1.807, 2.05) is 30.5 Å². The molecule has 0 radical (unpaired) electrons. The summed E-state index contributed by atoms with van der Waals surface area (Å²) in [5, 5.41) is 4.22. The van der Waals surface area contributed by atoms with Crippen molar-refractivity contribution in [3.05, 3.63) is 36.9 Å². The summed E-state index contributed by atoms with van der Waals surface area (Å²) in [6.07, 6.45) is 13.0. The van der Waals surface area contributed by atoms with E-state index >= 15 is 0 Å². The minimum absolute atomic E-state index is 0.0131. The van der Waals surface area contributed by atoms with Crippen LogP contribution < -0.4 is 9.80 Å². The number of aryl methyl sites for hydroxylation is 1. The van der Waals surface area contributed by atoms with Gasteiger partial charge >= 0.3 is 0 Å². The highest BCUT2D eigenvalue weighted by atomic mass is 16.2. The summed E-state index contributed by atoms with van der Waals surface area (Å²) in [5.74, 6) is 0.961. The second-order valence-electron chi connectivity index (χ2n) is 8.43. The Morgan fingerprint density at radius 1 is 1.10 bits per heavy atom. The van der Waals surface area contributed by atoms with Gasteiger partial charge in [-0.05, 0) is 63.7 Å². The predicted molar refractivity (Wildman–Crippen MR) is 115 cm³/mol. The van der Waals surface area contributed by atoms with Gasteiger partial charge in [0, 0.05) is 51.0 Å². The number of likely N-dealkylation sites (N-methyl/N-ethyl adjacent to an activating group) is 1. The molecule has 156 valence electrons. The Bertz CT molecular complexity index is 799. The van der Waals surface area contributed by atoms with E-state index in [0.29, 0.717) is 0 Å². The van der Waals surface area contributed by atoms with Crippen molar-refractivity contribution in [2.75, 3.05) is 43.0 Å². The second kappa shape index (κ2) is 8.95. The van der Waals surface area contributed by atoms with Crippen LogP contribution >= 0.6 is 0 Å². The average molecular weight is 397 g/mol. The van der Waals surface area contributed by atoms with E-state index in [9.17, 15) is 4.79 Å². The van der Waals surface area contributed by atoms with Gasteiger partial charge in [0.15, 0.2) is 0 Å². The number of rotatable bonds is 6. The lowest BCUT2D eigenvalue weighted by molar-refractivity contribution is -0.124. The molecule has 2 aliphatic heterocycles. The maximum absolute atomic E-state index is 13.1. The highest BCUT2D eigenvalue weighted by molar-refractivity contribution is 5.97. The van der Waals surface area contributed by atoms with Crippen LogP contribution in [0.25, 0.3) is 0 Å². The van der Waals surface area contributed by atoms with Gasteiger partial charge in [-0.2, -0.15) is 5.10 Å². The smallest absolute Gasteiger partial charge is 0.244 e. The Kier molecular flexibility index (Phi) is 6.13. The standard InChI is InChI=1S/C22H32N6O/c1-25(21-4-3-12-28(22(21)29)20-16-24-26(2)17-20)13-7-18-8-14-27(15-9-18)19-5-10-23-11-6-19/h5-6,10-11,16-18,21H,3-4,7-9,12-15H2,1-2H3. The van der Waals surface area contributed by atoms with Crippen LogP contribution in [-0.4, -0.2) is 64.8 Å². The van der Waals surface area contributed by atoms with Crippen LogP contribution in [0, 0.1) is 5.92 Å². The topological polar surface area (TPSA) is 57.5 Å². The van der Waals surface area contributed by atoms with Gasteiger partial charge in [0.2, 0.25) is 5.91 Å². The van der Waals surface area contributed by atoms with Gasteiger partial charge in [0.25, 0.3) is 0 Å². The van der Waals surface area contributed by atoms with Crippen molar-refractivity contribution in [1.82, 2.24) is 19.7 Å². The molecular formula is C22H32N6O. The zero-order valence-electron chi connectivity index (χ0n) is 17.6. The number of hydrogen-bond donors (Lipinski definition) is 0. The second-order valence-corrected chi connectivity index (χ2v) is 8.43. The van der Waals surface area contributed by atoms with Crippen molar-refractivity contribution in [3.8, 4) is 0 Å². The van der Waals surface area contributed by atoms with E-state index in [1.54, 1.807) is 10.9 Å². The number of aromatic nitrogens is 3. The van der Waals surface area contributed by atoms with E-state index in [0.717, 1.165) is 57.0 Å². The number of carbonyl (C=O) groups is 1. The summed E-state index contributed by atoms with van der Waals surface area (Å²) in [5.41, 5.74) is 2.19. The molecule has 1 amide bonds. The molecule has 2 aliphatic rings. The van der Waals surface area contributed by atoms with Gasteiger partial charge in [0.05, 0.1) is 17.9 Å². The van der Waals surface area contributed by atoms with Crippen molar-refractivity contribution in [2.45, 2.75) is 38.1 Å². The van der Waals surface area contributed by atoms with Crippen LogP contribution in [0.5, 0.6) is 0 Å². The Balaban J connectivity index is 1.26. The quantitative estimate of drug-likeness (QED) is 0.751. The fourth-order valence-corrected chi connectivity index (χ4v) is 4.65. The number of amides is 1. The summed E-state index contributed by atoms with van der Waals surface area (Å²) in [4.78, 5) is 23.8. The van der Waals surface area contributed by atoms with Crippen LogP contribution in [0.2, 0.25) is 0 Å². The molecule has 4 rings (SSSR count). The molecule has 0 spiro atoms. The summed E-state index contributed by atoms with van der Waals surface area (Å²) >= 11 is 0. The maximum Gasteiger partial charge on any atom is 0.244 e. The number of piperidine rings is 2. The van der Waals surface area contributed by atoms with Crippen LogP contribution in [0.3, 0.4) is 0 Å². The molecule has 29 heavy (non-hydrogen) atoms. The molecule has 4 heterocycles.